The fraction of sp³-hybridized carbons (Fsp3) is 0.185. The molecule has 3 aromatic rings. The Morgan fingerprint density at radius 3 is 2.28 bits per heavy atom. The normalized spacial score (nSPS) is 12.3. The molecular weight excluding hydrogens is 402 g/mol. The zero-order valence-corrected chi connectivity index (χ0v) is 17.9. The van der Waals surface area contributed by atoms with E-state index in [4.69, 9.17) is 9.47 Å². The van der Waals surface area contributed by atoms with Crippen molar-refractivity contribution in [3.8, 4) is 11.1 Å². The second-order valence-corrected chi connectivity index (χ2v) is 7.45. The first-order valence-electron chi connectivity index (χ1n) is 10.7. The molecule has 1 N–H and O–H groups in total. The van der Waals surface area contributed by atoms with E-state index in [2.05, 4.69) is 29.6 Å². The van der Waals surface area contributed by atoms with Crippen LogP contribution in [0, 0.1) is 0 Å². The maximum absolute atomic E-state index is 12.2. The molecule has 0 atom stereocenters. The van der Waals surface area contributed by atoms with Gasteiger partial charge in [-0.05, 0) is 46.9 Å². The fourth-order valence-electron chi connectivity index (χ4n) is 3.97. The van der Waals surface area contributed by atoms with Crippen LogP contribution in [0.3, 0.4) is 0 Å². The van der Waals surface area contributed by atoms with Crippen LogP contribution in [0.15, 0.2) is 78.9 Å². The maximum Gasteiger partial charge on any atom is 0.407 e. The van der Waals surface area contributed by atoms with Crippen molar-refractivity contribution >= 4 is 18.1 Å². The zero-order chi connectivity index (χ0) is 22.3. The third-order valence-corrected chi connectivity index (χ3v) is 5.42. The van der Waals surface area contributed by atoms with Crippen molar-refractivity contribution in [3.05, 3.63) is 101 Å². The largest absolute Gasteiger partial charge is 0.462 e. The average Bonchev–Trinajstić information content (AvgIpc) is 3.15. The molecule has 0 saturated carbocycles. The van der Waals surface area contributed by atoms with Crippen LogP contribution in [0.25, 0.3) is 17.2 Å². The van der Waals surface area contributed by atoms with Crippen molar-refractivity contribution < 1.29 is 19.1 Å². The molecular formula is C27H25NO4. The minimum absolute atomic E-state index is 0.0364. The van der Waals surface area contributed by atoms with Gasteiger partial charge in [0.05, 0.1) is 12.2 Å². The molecule has 5 heteroatoms. The van der Waals surface area contributed by atoms with Crippen LogP contribution in [-0.4, -0.2) is 31.8 Å². The number of hydrogen-bond donors (Lipinski definition) is 1. The first-order chi connectivity index (χ1) is 15.7. The summed E-state index contributed by atoms with van der Waals surface area (Å²) in [5.41, 5.74) is 6.12. The van der Waals surface area contributed by atoms with Crippen molar-refractivity contribution in [1.82, 2.24) is 5.32 Å². The molecule has 4 rings (SSSR count). The Kier molecular flexibility index (Phi) is 6.66. The highest BCUT2D eigenvalue weighted by Crippen LogP contribution is 2.44. The van der Waals surface area contributed by atoms with Crippen LogP contribution >= 0.6 is 0 Å². The number of alkyl carbamates (subject to hydrolysis) is 1. The predicted octanol–water partition coefficient (Wildman–Crippen LogP) is 5.42. The summed E-state index contributed by atoms with van der Waals surface area (Å²) in [5.74, 6) is -0.311. The Bertz CT molecular complexity index is 1110. The van der Waals surface area contributed by atoms with Gasteiger partial charge in [-0.15, -0.1) is 0 Å². The molecule has 0 heterocycles. The van der Waals surface area contributed by atoms with Gasteiger partial charge in [0.25, 0.3) is 0 Å². The lowest BCUT2D eigenvalue weighted by Crippen LogP contribution is -2.26. The minimum Gasteiger partial charge on any atom is -0.462 e. The van der Waals surface area contributed by atoms with E-state index in [1.54, 1.807) is 25.1 Å². The highest BCUT2D eigenvalue weighted by molar-refractivity contribution is 5.90. The summed E-state index contributed by atoms with van der Waals surface area (Å²) in [6.45, 7) is 2.71. The Morgan fingerprint density at radius 2 is 1.59 bits per heavy atom. The van der Waals surface area contributed by atoms with Gasteiger partial charge >= 0.3 is 12.1 Å². The number of esters is 1. The average molecular weight is 428 g/mol. The van der Waals surface area contributed by atoms with Crippen molar-refractivity contribution in [2.24, 2.45) is 0 Å². The first-order valence-corrected chi connectivity index (χ1v) is 10.7. The van der Waals surface area contributed by atoms with Crippen LogP contribution in [-0.2, 0) is 9.47 Å². The molecule has 1 aliphatic carbocycles. The second kappa shape index (κ2) is 9.96. The first kappa shape index (κ1) is 21.4. The third-order valence-electron chi connectivity index (χ3n) is 5.42. The molecule has 0 spiro atoms. The molecule has 1 aliphatic rings. The molecule has 1 amide bonds. The van der Waals surface area contributed by atoms with E-state index in [0.29, 0.717) is 18.7 Å². The Labute approximate surface area is 187 Å². The van der Waals surface area contributed by atoms with Crippen LogP contribution < -0.4 is 5.32 Å². The monoisotopic (exact) mass is 427 g/mol. The predicted molar refractivity (Wildman–Crippen MR) is 125 cm³/mol. The second-order valence-electron chi connectivity index (χ2n) is 7.45. The lowest BCUT2D eigenvalue weighted by molar-refractivity contribution is 0.0526. The van der Waals surface area contributed by atoms with Gasteiger partial charge in [0, 0.05) is 12.5 Å². The molecule has 3 aromatic carbocycles. The van der Waals surface area contributed by atoms with Gasteiger partial charge in [-0.1, -0.05) is 72.8 Å². The van der Waals surface area contributed by atoms with E-state index in [1.165, 1.54) is 22.3 Å². The standard InChI is InChI=1S/C27H25NO4/c1-2-31-26(29)20-11-7-9-19(17-20)10-8-16-28-27(30)32-18-25-23-14-5-3-12-21(23)22-13-4-6-15-24(22)25/h3-15,17,25H,2,16,18H2,1H3,(H,28,30). The lowest BCUT2D eigenvalue weighted by atomic mass is 9.98. The number of amides is 1. The van der Waals surface area contributed by atoms with E-state index in [0.717, 1.165) is 5.56 Å². The van der Waals surface area contributed by atoms with Gasteiger partial charge < -0.3 is 14.8 Å². The third kappa shape index (κ3) is 4.72. The van der Waals surface area contributed by atoms with E-state index < -0.39 is 6.09 Å². The molecule has 0 unspecified atom stereocenters. The molecule has 162 valence electrons. The molecule has 0 saturated heterocycles. The maximum atomic E-state index is 12.2. The van der Waals surface area contributed by atoms with E-state index >= 15 is 0 Å². The van der Waals surface area contributed by atoms with Gasteiger partial charge in [0.15, 0.2) is 0 Å². The topological polar surface area (TPSA) is 64.6 Å². The number of carbonyl (C=O) groups is 2. The van der Waals surface area contributed by atoms with Crippen LogP contribution in [0.1, 0.15) is 39.9 Å². The van der Waals surface area contributed by atoms with Crippen molar-refractivity contribution in [2.75, 3.05) is 19.8 Å². The van der Waals surface area contributed by atoms with E-state index in [-0.39, 0.29) is 18.5 Å². The smallest absolute Gasteiger partial charge is 0.407 e. The Morgan fingerprint density at radius 1 is 0.906 bits per heavy atom. The SMILES string of the molecule is CCOC(=O)c1cccc(C=CCNC(=O)OCC2c3ccccc3-c3ccccc32)c1. The summed E-state index contributed by atoms with van der Waals surface area (Å²) in [6.07, 6.45) is 3.19. The zero-order valence-electron chi connectivity index (χ0n) is 17.9. The number of fused-ring (bicyclic) bond motifs is 3. The quantitative estimate of drug-likeness (QED) is 0.512. The molecule has 32 heavy (non-hydrogen) atoms. The van der Waals surface area contributed by atoms with Crippen LogP contribution in [0.4, 0.5) is 4.79 Å². The number of carbonyl (C=O) groups excluding carboxylic acids is 2. The minimum atomic E-state index is -0.461. The summed E-state index contributed by atoms with van der Waals surface area (Å²) in [7, 11) is 0. The molecule has 0 bridgehead atoms. The summed E-state index contributed by atoms with van der Waals surface area (Å²) in [4.78, 5) is 24.1. The molecule has 0 aliphatic heterocycles. The molecule has 0 fully saturated rings. The number of rotatable bonds is 7. The lowest BCUT2D eigenvalue weighted by Gasteiger charge is -2.14. The summed E-state index contributed by atoms with van der Waals surface area (Å²) in [5, 5.41) is 2.74. The number of hydrogen-bond acceptors (Lipinski definition) is 4. The van der Waals surface area contributed by atoms with Gasteiger partial charge in [-0.2, -0.15) is 0 Å². The van der Waals surface area contributed by atoms with Gasteiger partial charge in [0.1, 0.15) is 6.61 Å². The Balaban J connectivity index is 1.30. The molecule has 0 radical (unpaired) electrons. The fourth-order valence-corrected chi connectivity index (χ4v) is 3.97. The van der Waals surface area contributed by atoms with E-state index in [1.807, 2.05) is 42.5 Å². The summed E-state index contributed by atoms with van der Waals surface area (Å²) >= 11 is 0. The summed E-state index contributed by atoms with van der Waals surface area (Å²) in [6, 6.07) is 23.6. The Hall–Kier alpha value is -3.86. The number of benzene rings is 3. The summed E-state index contributed by atoms with van der Waals surface area (Å²) < 4.78 is 10.5. The molecule has 0 aromatic heterocycles. The van der Waals surface area contributed by atoms with Gasteiger partial charge in [-0.3, -0.25) is 0 Å². The number of ether oxygens (including phenoxy) is 2. The van der Waals surface area contributed by atoms with Crippen molar-refractivity contribution in [2.45, 2.75) is 12.8 Å². The highest BCUT2D eigenvalue weighted by atomic mass is 16.5. The molecule has 5 nitrogen and oxygen atoms in total. The number of nitrogens with one attached hydrogen (secondary N) is 1. The van der Waals surface area contributed by atoms with Crippen LogP contribution in [0.5, 0.6) is 0 Å². The van der Waals surface area contributed by atoms with Crippen LogP contribution in [0.2, 0.25) is 0 Å². The van der Waals surface area contributed by atoms with Crippen molar-refractivity contribution in [3.63, 3.8) is 0 Å². The highest BCUT2D eigenvalue weighted by Gasteiger charge is 2.28. The van der Waals surface area contributed by atoms with Gasteiger partial charge in [-0.25, -0.2) is 9.59 Å². The van der Waals surface area contributed by atoms with Crippen molar-refractivity contribution in [1.29, 1.82) is 0 Å². The van der Waals surface area contributed by atoms with E-state index in [9.17, 15) is 9.59 Å². The van der Waals surface area contributed by atoms with Gasteiger partial charge in [0.2, 0.25) is 0 Å².